The fourth-order valence-corrected chi connectivity index (χ4v) is 2.82. The SMILES string of the molecule is Cc1cc(NC2CCc3ccccc3C2)ccc1N. The summed E-state index contributed by atoms with van der Waals surface area (Å²) in [4.78, 5) is 0. The molecule has 0 amide bonds. The number of anilines is 2. The van der Waals surface area contributed by atoms with Crippen LogP contribution < -0.4 is 11.1 Å². The first kappa shape index (κ1) is 12.1. The van der Waals surface area contributed by atoms with E-state index in [1.54, 1.807) is 0 Å². The molecule has 1 atom stereocenters. The van der Waals surface area contributed by atoms with E-state index in [4.69, 9.17) is 5.73 Å². The molecule has 3 rings (SSSR count). The average molecular weight is 252 g/mol. The average Bonchev–Trinajstić information content (AvgIpc) is 2.43. The second-order valence-electron chi connectivity index (χ2n) is 5.42. The molecule has 2 heteroatoms. The molecule has 2 aromatic carbocycles. The Labute approximate surface area is 114 Å². The lowest BCUT2D eigenvalue weighted by Gasteiger charge is -2.26. The Bertz CT molecular complexity index is 590. The highest BCUT2D eigenvalue weighted by Gasteiger charge is 2.17. The molecule has 0 aliphatic heterocycles. The Hall–Kier alpha value is -1.96. The second-order valence-corrected chi connectivity index (χ2v) is 5.42. The third-order valence-corrected chi connectivity index (χ3v) is 3.99. The first-order valence-corrected chi connectivity index (χ1v) is 6.92. The molecule has 0 heterocycles. The maximum Gasteiger partial charge on any atom is 0.0346 e. The quantitative estimate of drug-likeness (QED) is 0.802. The third-order valence-electron chi connectivity index (χ3n) is 3.99. The Morgan fingerprint density at radius 2 is 1.89 bits per heavy atom. The van der Waals surface area contributed by atoms with Gasteiger partial charge < -0.3 is 11.1 Å². The van der Waals surface area contributed by atoms with Crippen molar-refractivity contribution in [3.05, 3.63) is 59.2 Å². The van der Waals surface area contributed by atoms with Gasteiger partial charge in [-0.05, 0) is 61.1 Å². The second kappa shape index (κ2) is 4.96. The van der Waals surface area contributed by atoms with Crippen LogP contribution in [0.4, 0.5) is 11.4 Å². The summed E-state index contributed by atoms with van der Waals surface area (Å²) in [6.07, 6.45) is 3.47. The predicted octanol–water partition coefficient (Wildman–Crippen LogP) is 3.55. The fraction of sp³-hybridized carbons (Fsp3) is 0.294. The lowest BCUT2D eigenvalue weighted by atomic mass is 9.88. The van der Waals surface area contributed by atoms with Crippen LogP contribution in [-0.2, 0) is 12.8 Å². The fourth-order valence-electron chi connectivity index (χ4n) is 2.82. The van der Waals surface area contributed by atoms with E-state index in [1.165, 1.54) is 29.7 Å². The molecule has 0 bridgehead atoms. The van der Waals surface area contributed by atoms with Gasteiger partial charge in [-0.3, -0.25) is 0 Å². The van der Waals surface area contributed by atoms with Gasteiger partial charge in [0.05, 0.1) is 0 Å². The van der Waals surface area contributed by atoms with Gasteiger partial charge in [0, 0.05) is 17.4 Å². The highest BCUT2D eigenvalue weighted by atomic mass is 14.9. The normalized spacial score (nSPS) is 17.8. The molecule has 2 nitrogen and oxygen atoms in total. The minimum atomic E-state index is 0.526. The lowest BCUT2D eigenvalue weighted by molar-refractivity contribution is 0.611. The van der Waals surface area contributed by atoms with Crippen LogP contribution in [0.2, 0.25) is 0 Å². The highest BCUT2D eigenvalue weighted by molar-refractivity contribution is 5.57. The summed E-state index contributed by atoms with van der Waals surface area (Å²) in [5.74, 6) is 0. The van der Waals surface area contributed by atoms with Crippen molar-refractivity contribution in [1.82, 2.24) is 0 Å². The van der Waals surface area contributed by atoms with Crippen LogP contribution in [0, 0.1) is 6.92 Å². The van der Waals surface area contributed by atoms with Crippen LogP contribution in [0.1, 0.15) is 23.1 Å². The van der Waals surface area contributed by atoms with Crippen molar-refractivity contribution >= 4 is 11.4 Å². The Kier molecular flexibility index (Phi) is 3.16. The number of hydrogen-bond donors (Lipinski definition) is 2. The Morgan fingerprint density at radius 3 is 2.68 bits per heavy atom. The van der Waals surface area contributed by atoms with Crippen LogP contribution in [-0.4, -0.2) is 6.04 Å². The Balaban J connectivity index is 1.73. The molecule has 1 aliphatic rings. The van der Waals surface area contributed by atoms with E-state index in [0.717, 1.165) is 17.7 Å². The zero-order valence-corrected chi connectivity index (χ0v) is 11.3. The van der Waals surface area contributed by atoms with Crippen molar-refractivity contribution in [3.63, 3.8) is 0 Å². The van der Waals surface area contributed by atoms with Crippen LogP contribution in [0.25, 0.3) is 0 Å². The summed E-state index contributed by atoms with van der Waals surface area (Å²) >= 11 is 0. The standard InChI is InChI=1S/C17H20N2/c1-12-10-15(8-9-17(12)18)19-16-7-6-13-4-2-3-5-14(13)11-16/h2-5,8-10,16,19H,6-7,11,18H2,1H3. The van der Waals surface area contributed by atoms with Gasteiger partial charge in [0.1, 0.15) is 0 Å². The van der Waals surface area contributed by atoms with Crippen LogP contribution >= 0.6 is 0 Å². The third kappa shape index (κ3) is 2.58. The van der Waals surface area contributed by atoms with Gasteiger partial charge >= 0.3 is 0 Å². The number of fused-ring (bicyclic) bond motifs is 1. The van der Waals surface area contributed by atoms with E-state index in [1.807, 2.05) is 6.07 Å². The molecule has 0 radical (unpaired) electrons. The van der Waals surface area contributed by atoms with E-state index in [2.05, 4.69) is 48.6 Å². The number of nitrogens with two attached hydrogens (primary N) is 1. The van der Waals surface area contributed by atoms with Crippen molar-refractivity contribution in [3.8, 4) is 0 Å². The zero-order valence-electron chi connectivity index (χ0n) is 11.3. The van der Waals surface area contributed by atoms with E-state index in [9.17, 15) is 0 Å². The van der Waals surface area contributed by atoms with Crippen LogP contribution in [0.15, 0.2) is 42.5 Å². The molecule has 2 aromatic rings. The topological polar surface area (TPSA) is 38.0 Å². The van der Waals surface area contributed by atoms with E-state index < -0.39 is 0 Å². The summed E-state index contributed by atoms with van der Waals surface area (Å²) in [5.41, 5.74) is 12.0. The Morgan fingerprint density at radius 1 is 1.11 bits per heavy atom. The van der Waals surface area contributed by atoms with Gasteiger partial charge in [0.15, 0.2) is 0 Å². The van der Waals surface area contributed by atoms with E-state index >= 15 is 0 Å². The molecular weight excluding hydrogens is 232 g/mol. The van der Waals surface area contributed by atoms with Crippen molar-refractivity contribution in [2.45, 2.75) is 32.2 Å². The number of nitrogens with one attached hydrogen (secondary N) is 1. The summed E-state index contributed by atoms with van der Waals surface area (Å²) in [6.45, 7) is 2.05. The van der Waals surface area contributed by atoms with Gasteiger partial charge in [0.25, 0.3) is 0 Å². The van der Waals surface area contributed by atoms with Gasteiger partial charge in [-0.15, -0.1) is 0 Å². The molecule has 0 spiro atoms. The summed E-state index contributed by atoms with van der Waals surface area (Å²) in [5, 5.41) is 3.63. The molecule has 3 N–H and O–H groups in total. The van der Waals surface area contributed by atoms with Gasteiger partial charge in [-0.25, -0.2) is 0 Å². The van der Waals surface area contributed by atoms with Crippen molar-refractivity contribution < 1.29 is 0 Å². The first-order valence-electron chi connectivity index (χ1n) is 6.92. The minimum absolute atomic E-state index is 0.526. The molecule has 98 valence electrons. The molecule has 0 aromatic heterocycles. The van der Waals surface area contributed by atoms with E-state index in [0.29, 0.717) is 6.04 Å². The summed E-state index contributed by atoms with van der Waals surface area (Å²) in [6, 6.07) is 15.5. The maximum atomic E-state index is 5.86. The number of nitrogen functional groups attached to an aromatic ring is 1. The summed E-state index contributed by atoms with van der Waals surface area (Å²) < 4.78 is 0. The molecule has 19 heavy (non-hydrogen) atoms. The van der Waals surface area contributed by atoms with Crippen molar-refractivity contribution in [2.24, 2.45) is 0 Å². The summed E-state index contributed by atoms with van der Waals surface area (Å²) in [7, 11) is 0. The molecule has 0 saturated carbocycles. The molecule has 1 unspecified atom stereocenters. The number of hydrogen-bond acceptors (Lipinski definition) is 2. The first-order chi connectivity index (χ1) is 9.22. The molecule has 0 fully saturated rings. The number of rotatable bonds is 2. The van der Waals surface area contributed by atoms with Crippen LogP contribution in [0.5, 0.6) is 0 Å². The smallest absolute Gasteiger partial charge is 0.0346 e. The molecule has 0 saturated heterocycles. The monoisotopic (exact) mass is 252 g/mol. The highest BCUT2D eigenvalue weighted by Crippen LogP contribution is 2.24. The molecule has 1 aliphatic carbocycles. The maximum absolute atomic E-state index is 5.86. The lowest BCUT2D eigenvalue weighted by Crippen LogP contribution is -2.27. The molecular formula is C17H20N2. The predicted molar refractivity (Wildman–Crippen MR) is 81.5 cm³/mol. The minimum Gasteiger partial charge on any atom is -0.399 e. The van der Waals surface area contributed by atoms with Gasteiger partial charge in [0.2, 0.25) is 0 Å². The van der Waals surface area contributed by atoms with Gasteiger partial charge in [-0.2, -0.15) is 0 Å². The number of aryl methyl sites for hydroxylation is 2. The van der Waals surface area contributed by atoms with E-state index in [-0.39, 0.29) is 0 Å². The van der Waals surface area contributed by atoms with Crippen molar-refractivity contribution in [1.29, 1.82) is 0 Å². The zero-order chi connectivity index (χ0) is 13.2. The number of benzene rings is 2. The van der Waals surface area contributed by atoms with Crippen LogP contribution in [0.3, 0.4) is 0 Å². The van der Waals surface area contributed by atoms with Gasteiger partial charge in [-0.1, -0.05) is 24.3 Å². The van der Waals surface area contributed by atoms with Crippen molar-refractivity contribution in [2.75, 3.05) is 11.1 Å². The largest absolute Gasteiger partial charge is 0.399 e.